The van der Waals surface area contributed by atoms with Crippen molar-refractivity contribution in [3.8, 4) is 27.9 Å². The molecule has 0 radical (unpaired) electrons. The van der Waals surface area contributed by atoms with Crippen molar-refractivity contribution >= 4 is 44.0 Å². The molecular formula is C40H28N2. The zero-order valence-corrected chi connectivity index (χ0v) is 23.0. The van der Waals surface area contributed by atoms with Crippen LogP contribution in [0.3, 0.4) is 0 Å². The van der Waals surface area contributed by atoms with Gasteiger partial charge in [-0.05, 0) is 57.8 Å². The SMILES string of the molecule is c1ccc(-c2cccc3cccc(-c4ccccc4Nc4ccccc4-n4c5ccccc5c5ccccc54)c23)cc1. The lowest BCUT2D eigenvalue weighted by molar-refractivity contribution is 1.18. The molecule has 1 N–H and O–H groups in total. The number of nitrogens with zero attached hydrogens (tertiary/aromatic N) is 1. The van der Waals surface area contributed by atoms with Crippen molar-refractivity contribution in [3.05, 3.63) is 164 Å². The van der Waals surface area contributed by atoms with Gasteiger partial charge in [0.05, 0.1) is 22.4 Å². The van der Waals surface area contributed by atoms with E-state index in [0.29, 0.717) is 0 Å². The Hall–Kier alpha value is -5.60. The van der Waals surface area contributed by atoms with E-state index < -0.39 is 0 Å². The van der Waals surface area contributed by atoms with Gasteiger partial charge >= 0.3 is 0 Å². The Morgan fingerprint density at radius 3 is 1.67 bits per heavy atom. The van der Waals surface area contributed by atoms with Crippen LogP contribution in [-0.4, -0.2) is 4.57 Å². The summed E-state index contributed by atoms with van der Waals surface area (Å²) >= 11 is 0. The van der Waals surface area contributed by atoms with E-state index in [4.69, 9.17) is 0 Å². The minimum atomic E-state index is 1.06. The second-order valence-electron chi connectivity index (χ2n) is 10.6. The van der Waals surface area contributed by atoms with Gasteiger partial charge in [-0.15, -0.1) is 0 Å². The molecule has 2 heteroatoms. The summed E-state index contributed by atoms with van der Waals surface area (Å²) in [5.74, 6) is 0. The average Bonchev–Trinajstić information content (AvgIpc) is 3.39. The Labute approximate surface area is 245 Å². The van der Waals surface area contributed by atoms with Crippen LogP contribution in [0, 0.1) is 0 Å². The van der Waals surface area contributed by atoms with Gasteiger partial charge in [0, 0.05) is 22.0 Å². The molecule has 198 valence electrons. The molecule has 0 aliphatic rings. The van der Waals surface area contributed by atoms with Gasteiger partial charge in [-0.2, -0.15) is 0 Å². The fraction of sp³-hybridized carbons (Fsp3) is 0. The third-order valence-electron chi connectivity index (χ3n) is 8.20. The maximum Gasteiger partial charge on any atom is 0.0697 e. The molecule has 0 amide bonds. The van der Waals surface area contributed by atoms with Gasteiger partial charge < -0.3 is 9.88 Å². The Kier molecular flexibility index (Phi) is 5.82. The summed E-state index contributed by atoms with van der Waals surface area (Å²) in [6.45, 7) is 0. The van der Waals surface area contributed by atoms with Crippen LogP contribution < -0.4 is 5.32 Å². The summed E-state index contributed by atoms with van der Waals surface area (Å²) in [6, 6.07) is 58.4. The molecule has 2 nitrogen and oxygen atoms in total. The maximum atomic E-state index is 3.86. The lowest BCUT2D eigenvalue weighted by Crippen LogP contribution is -2.01. The van der Waals surface area contributed by atoms with Crippen LogP contribution in [0.25, 0.3) is 60.5 Å². The van der Waals surface area contributed by atoms with E-state index in [1.807, 2.05) is 0 Å². The van der Waals surface area contributed by atoms with Crippen LogP contribution in [0.4, 0.5) is 11.4 Å². The van der Waals surface area contributed by atoms with Crippen molar-refractivity contribution < 1.29 is 0 Å². The lowest BCUT2D eigenvalue weighted by atomic mass is 9.91. The predicted molar refractivity (Wildman–Crippen MR) is 179 cm³/mol. The molecule has 0 saturated heterocycles. The number of nitrogens with one attached hydrogen (secondary N) is 1. The summed E-state index contributed by atoms with van der Waals surface area (Å²) in [6.07, 6.45) is 0. The Balaban J connectivity index is 1.31. The summed E-state index contributed by atoms with van der Waals surface area (Å²) in [5, 5.41) is 8.87. The van der Waals surface area contributed by atoms with E-state index >= 15 is 0 Å². The molecule has 0 bridgehead atoms. The second kappa shape index (κ2) is 10.1. The van der Waals surface area contributed by atoms with E-state index in [-0.39, 0.29) is 0 Å². The van der Waals surface area contributed by atoms with Crippen molar-refractivity contribution in [3.63, 3.8) is 0 Å². The van der Waals surface area contributed by atoms with Gasteiger partial charge in [-0.1, -0.05) is 133 Å². The number of aromatic nitrogens is 1. The highest BCUT2D eigenvalue weighted by atomic mass is 15.0. The molecule has 0 aliphatic carbocycles. The number of anilines is 2. The molecule has 0 saturated carbocycles. The number of hydrogen-bond acceptors (Lipinski definition) is 1. The number of hydrogen-bond donors (Lipinski definition) is 1. The second-order valence-corrected chi connectivity index (χ2v) is 10.6. The Bertz CT molecular complexity index is 2160. The Morgan fingerprint density at radius 2 is 0.929 bits per heavy atom. The van der Waals surface area contributed by atoms with Gasteiger partial charge in [0.2, 0.25) is 0 Å². The van der Waals surface area contributed by atoms with Crippen LogP contribution >= 0.6 is 0 Å². The monoisotopic (exact) mass is 536 g/mol. The van der Waals surface area contributed by atoms with E-state index in [1.54, 1.807) is 0 Å². The van der Waals surface area contributed by atoms with Crippen molar-refractivity contribution in [2.24, 2.45) is 0 Å². The fourth-order valence-electron chi connectivity index (χ4n) is 6.35. The average molecular weight is 537 g/mol. The zero-order valence-electron chi connectivity index (χ0n) is 23.0. The minimum absolute atomic E-state index is 1.06. The molecule has 8 rings (SSSR count). The third-order valence-corrected chi connectivity index (χ3v) is 8.20. The highest BCUT2D eigenvalue weighted by Gasteiger charge is 2.16. The van der Waals surface area contributed by atoms with Crippen molar-refractivity contribution in [2.75, 3.05) is 5.32 Å². The highest BCUT2D eigenvalue weighted by Crippen LogP contribution is 2.41. The van der Waals surface area contributed by atoms with Crippen LogP contribution in [0.15, 0.2) is 164 Å². The molecule has 0 atom stereocenters. The first kappa shape index (κ1) is 24.2. The minimum Gasteiger partial charge on any atom is -0.353 e. The number of fused-ring (bicyclic) bond motifs is 4. The number of benzene rings is 7. The highest BCUT2D eigenvalue weighted by molar-refractivity contribution is 6.10. The van der Waals surface area contributed by atoms with Gasteiger partial charge in [-0.25, -0.2) is 0 Å². The standard InChI is InChI=1S/C40H28N2/c1-2-14-28(15-3-1)30-21-12-16-29-17-13-22-34(40(29)30)31-18-4-7-23-35(31)41-36-24-8-11-27-39(36)42-37-25-9-5-19-32(37)33-20-6-10-26-38(33)42/h1-27,41H. The van der Waals surface area contributed by atoms with Gasteiger partial charge in [0.15, 0.2) is 0 Å². The molecule has 7 aromatic carbocycles. The summed E-state index contributed by atoms with van der Waals surface area (Å²) < 4.78 is 2.38. The molecule has 8 aromatic rings. The van der Waals surface area contributed by atoms with Crippen LogP contribution in [0.1, 0.15) is 0 Å². The summed E-state index contributed by atoms with van der Waals surface area (Å²) in [5.41, 5.74) is 10.5. The maximum absolute atomic E-state index is 3.86. The molecule has 1 aromatic heterocycles. The van der Waals surface area contributed by atoms with Gasteiger partial charge in [0.1, 0.15) is 0 Å². The third kappa shape index (κ3) is 3.96. The number of rotatable bonds is 5. The molecule has 0 aliphatic heterocycles. The first-order chi connectivity index (χ1) is 20.9. The fourth-order valence-corrected chi connectivity index (χ4v) is 6.35. The van der Waals surface area contributed by atoms with Crippen LogP contribution in [0.5, 0.6) is 0 Å². The molecule has 0 unspecified atom stereocenters. The van der Waals surface area contributed by atoms with Crippen molar-refractivity contribution in [2.45, 2.75) is 0 Å². The Morgan fingerprint density at radius 1 is 0.381 bits per heavy atom. The lowest BCUT2D eigenvalue weighted by Gasteiger charge is -2.19. The summed E-state index contributed by atoms with van der Waals surface area (Å²) in [7, 11) is 0. The first-order valence-corrected chi connectivity index (χ1v) is 14.4. The van der Waals surface area contributed by atoms with Gasteiger partial charge in [-0.3, -0.25) is 0 Å². The van der Waals surface area contributed by atoms with Crippen molar-refractivity contribution in [1.82, 2.24) is 4.57 Å². The first-order valence-electron chi connectivity index (χ1n) is 14.4. The molecule has 0 fully saturated rings. The smallest absolute Gasteiger partial charge is 0.0697 e. The van der Waals surface area contributed by atoms with E-state index in [1.165, 1.54) is 54.8 Å². The normalized spacial score (nSPS) is 11.3. The van der Waals surface area contributed by atoms with E-state index in [9.17, 15) is 0 Å². The molecular weight excluding hydrogens is 508 g/mol. The van der Waals surface area contributed by atoms with E-state index in [2.05, 4.69) is 174 Å². The number of para-hydroxylation sites is 5. The topological polar surface area (TPSA) is 17.0 Å². The van der Waals surface area contributed by atoms with Crippen molar-refractivity contribution in [1.29, 1.82) is 0 Å². The predicted octanol–water partition coefficient (Wildman–Crippen LogP) is 11.0. The zero-order chi connectivity index (χ0) is 27.9. The quantitative estimate of drug-likeness (QED) is 0.231. The molecule has 1 heterocycles. The van der Waals surface area contributed by atoms with Crippen LogP contribution in [0.2, 0.25) is 0 Å². The molecule has 42 heavy (non-hydrogen) atoms. The largest absolute Gasteiger partial charge is 0.353 e. The van der Waals surface area contributed by atoms with Gasteiger partial charge in [0.25, 0.3) is 0 Å². The van der Waals surface area contributed by atoms with E-state index in [0.717, 1.165) is 17.1 Å². The molecule has 0 spiro atoms. The van der Waals surface area contributed by atoms with Crippen LogP contribution in [-0.2, 0) is 0 Å². The summed E-state index contributed by atoms with van der Waals surface area (Å²) in [4.78, 5) is 0.